The van der Waals surface area contributed by atoms with Gasteiger partial charge >= 0.3 is 6.18 Å². The Morgan fingerprint density at radius 1 is 1.06 bits per heavy atom. The monoisotopic (exact) mass is 509 g/mol. The lowest BCUT2D eigenvalue weighted by Crippen LogP contribution is -2.34. The van der Waals surface area contributed by atoms with Crippen LogP contribution in [0, 0.1) is 21.7 Å². The lowest BCUT2D eigenvalue weighted by Gasteiger charge is -2.27. The third-order valence-electron chi connectivity index (χ3n) is 5.50. The molecule has 0 radical (unpaired) electrons. The number of hydrogen-bond acceptors (Lipinski definition) is 7. The second-order valence-electron chi connectivity index (χ2n) is 7.71. The summed E-state index contributed by atoms with van der Waals surface area (Å²) in [7, 11) is 0. The minimum absolute atomic E-state index is 0.0917. The number of imidazole rings is 1. The molecule has 1 aliphatic heterocycles. The summed E-state index contributed by atoms with van der Waals surface area (Å²) in [5, 5.41) is 11.1. The predicted molar refractivity (Wildman–Crippen MR) is 116 cm³/mol. The number of aromatic nitrogens is 3. The normalized spacial score (nSPS) is 13.8. The molecule has 0 unspecified atom stereocenters. The van der Waals surface area contributed by atoms with Gasteiger partial charge in [-0.2, -0.15) is 18.2 Å². The number of rotatable bonds is 3. The van der Waals surface area contributed by atoms with E-state index in [4.69, 9.17) is 0 Å². The Kier molecular flexibility index (Phi) is 5.27. The Labute approximate surface area is 196 Å². The van der Waals surface area contributed by atoms with Gasteiger partial charge in [0.15, 0.2) is 16.8 Å². The summed E-state index contributed by atoms with van der Waals surface area (Å²) in [6, 6.07) is 4.36. The Hall–Kier alpha value is -3.94. The van der Waals surface area contributed by atoms with E-state index >= 15 is 0 Å². The smallest absolute Gasteiger partial charge is 0.339 e. The zero-order chi connectivity index (χ0) is 25.1. The van der Waals surface area contributed by atoms with Crippen molar-refractivity contribution in [2.24, 2.45) is 0 Å². The molecule has 5 rings (SSSR count). The minimum atomic E-state index is -4.87. The highest BCUT2D eigenvalue weighted by atomic mass is 32.1. The van der Waals surface area contributed by atoms with Gasteiger partial charge in [0.1, 0.15) is 10.5 Å². The van der Waals surface area contributed by atoms with Gasteiger partial charge in [-0.25, -0.2) is 13.8 Å². The number of hydrogen-bond donors (Lipinski definition) is 0. The van der Waals surface area contributed by atoms with Crippen LogP contribution in [0.4, 0.5) is 32.8 Å². The second-order valence-corrected chi connectivity index (χ2v) is 8.69. The molecule has 2 aromatic heterocycles. The molecule has 8 nitrogen and oxygen atoms in total. The van der Waals surface area contributed by atoms with Gasteiger partial charge in [-0.15, -0.1) is 0 Å². The highest BCUT2D eigenvalue weighted by molar-refractivity contribution is 7.22. The molecule has 0 saturated carbocycles. The molecule has 35 heavy (non-hydrogen) atoms. The summed E-state index contributed by atoms with van der Waals surface area (Å²) in [4.78, 5) is 33.0. The van der Waals surface area contributed by atoms with E-state index in [2.05, 4.69) is 9.97 Å². The first-order chi connectivity index (χ1) is 16.5. The van der Waals surface area contributed by atoms with Crippen molar-refractivity contribution in [1.82, 2.24) is 14.5 Å². The summed E-state index contributed by atoms with van der Waals surface area (Å²) in [6.07, 6.45) is -3.21. The van der Waals surface area contributed by atoms with Gasteiger partial charge < -0.3 is 9.47 Å². The van der Waals surface area contributed by atoms with Crippen molar-refractivity contribution >= 4 is 32.2 Å². The van der Waals surface area contributed by atoms with E-state index in [-0.39, 0.29) is 16.4 Å². The van der Waals surface area contributed by atoms with Crippen LogP contribution >= 0.6 is 11.3 Å². The zero-order valence-electron chi connectivity index (χ0n) is 17.3. The lowest BCUT2D eigenvalue weighted by atomic mass is 10.1. The van der Waals surface area contributed by atoms with Crippen molar-refractivity contribution in [1.29, 1.82) is 0 Å². The van der Waals surface area contributed by atoms with E-state index in [1.54, 1.807) is 15.7 Å². The Morgan fingerprint density at radius 2 is 1.83 bits per heavy atom. The van der Waals surface area contributed by atoms with Gasteiger partial charge in [0.25, 0.3) is 11.2 Å². The number of nitro benzene ring substituents is 1. The first kappa shape index (κ1) is 22.8. The van der Waals surface area contributed by atoms with E-state index in [9.17, 15) is 36.9 Å². The van der Waals surface area contributed by atoms with Crippen molar-refractivity contribution in [2.45, 2.75) is 19.3 Å². The van der Waals surface area contributed by atoms with E-state index in [1.807, 2.05) is 0 Å². The third kappa shape index (κ3) is 4.09. The van der Waals surface area contributed by atoms with Crippen LogP contribution in [0.2, 0.25) is 0 Å². The maximum absolute atomic E-state index is 13.6. The Bertz CT molecular complexity index is 1570. The van der Waals surface area contributed by atoms with Gasteiger partial charge in [0.2, 0.25) is 0 Å². The molecule has 0 atom stereocenters. The summed E-state index contributed by atoms with van der Waals surface area (Å²) in [5.74, 6) is -1.49. The molecule has 0 amide bonds. The van der Waals surface area contributed by atoms with Crippen molar-refractivity contribution < 1.29 is 26.9 Å². The fourth-order valence-electron chi connectivity index (χ4n) is 3.79. The first-order valence-electron chi connectivity index (χ1n) is 9.98. The van der Waals surface area contributed by atoms with Crippen LogP contribution < -0.4 is 10.5 Å². The number of nitrogens with zero attached hydrogens (tertiary/aromatic N) is 5. The summed E-state index contributed by atoms with van der Waals surface area (Å²) < 4.78 is 67.9. The number of halogens is 5. The predicted octanol–water partition coefficient (Wildman–Crippen LogP) is 4.75. The molecule has 3 heterocycles. The Morgan fingerprint density at radius 3 is 2.51 bits per heavy atom. The number of fused-ring (bicyclic) bond motifs is 2. The van der Waals surface area contributed by atoms with E-state index in [1.165, 1.54) is 6.07 Å². The fraction of sp³-hybridized carbons (Fsp3) is 0.190. The van der Waals surface area contributed by atoms with Gasteiger partial charge in [-0.05, 0) is 24.3 Å². The average molecular weight is 509 g/mol. The molecule has 0 N–H and O–H groups in total. The maximum Gasteiger partial charge on any atom is 0.416 e. The van der Waals surface area contributed by atoms with Crippen LogP contribution in [0.15, 0.2) is 41.3 Å². The standard InChI is InChI=1S/C21H12F5N5O3S/c22-13-2-1-10(5-14(13)23)15-8-29-3-4-30(9-17(29)27-15)20-28-19(32)12-6-11(21(24,25)26)7-16(31(33)34)18(12)35-20/h1-2,5-8H,3-4,9H2. The molecule has 0 fully saturated rings. The zero-order valence-corrected chi connectivity index (χ0v) is 18.2. The highest BCUT2D eigenvalue weighted by Crippen LogP contribution is 2.38. The van der Waals surface area contributed by atoms with Crippen LogP contribution in [0.5, 0.6) is 0 Å². The van der Waals surface area contributed by atoms with E-state index < -0.39 is 44.9 Å². The van der Waals surface area contributed by atoms with Crippen LogP contribution in [-0.2, 0) is 19.3 Å². The fourth-order valence-corrected chi connectivity index (χ4v) is 4.88. The van der Waals surface area contributed by atoms with Gasteiger partial charge in [0.05, 0.1) is 28.1 Å². The molecule has 0 aliphatic carbocycles. The number of non-ortho nitro benzene ring substituents is 1. The van der Waals surface area contributed by atoms with Crippen molar-refractivity contribution in [3.63, 3.8) is 0 Å². The summed E-state index contributed by atoms with van der Waals surface area (Å²) in [5.41, 5.74) is -2.39. The molecule has 2 aromatic carbocycles. The second kappa shape index (κ2) is 8.08. The van der Waals surface area contributed by atoms with E-state index in [0.29, 0.717) is 42.3 Å². The van der Waals surface area contributed by atoms with Gasteiger partial charge in [0, 0.05) is 30.9 Å². The van der Waals surface area contributed by atoms with Gasteiger partial charge in [-0.3, -0.25) is 14.9 Å². The maximum atomic E-state index is 13.6. The molecule has 4 aromatic rings. The number of benzene rings is 2. The van der Waals surface area contributed by atoms with Crippen LogP contribution in [0.3, 0.4) is 0 Å². The molecule has 14 heteroatoms. The molecular formula is C21H12F5N5O3S. The van der Waals surface area contributed by atoms with Crippen molar-refractivity contribution in [2.75, 3.05) is 11.4 Å². The summed E-state index contributed by atoms with van der Waals surface area (Å²) >= 11 is 0.741. The van der Waals surface area contributed by atoms with Crippen LogP contribution in [-0.4, -0.2) is 26.0 Å². The first-order valence-corrected chi connectivity index (χ1v) is 10.8. The number of nitro groups is 1. The third-order valence-corrected chi connectivity index (χ3v) is 6.67. The number of alkyl halides is 3. The molecule has 0 bridgehead atoms. The quantitative estimate of drug-likeness (QED) is 0.225. The Balaban J connectivity index is 1.53. The largest absolute Gasteiger partial charge is 0.416 e. The average Bonchev–Trinajstić information content (AvgIpc) is 3.23. The highest BCUT2D eigenvalue weighted by Gasteiger charge is 2.34. The molecule has 180 valence electrons. The van der Waals surface area contributed by atoms with Crippen molar-refractivity contribution in [3.05, 3.63) is 80.0 Å². The molecule has 0 spiro atoms. The SMILES string of the molecule is O=c1nc(N2CCn3cc(-c4ccc(F)c(F)c4)nc3C2)sc2c([N+](=O)[O-])cc(C(F)(F)F)cc12. The van der Waals surface area contributed by atoms with Crippen LogP contribution in [0.25, 0.3) is 21.3 Å². The molecule has 1 aliphatic rings. The summed E-state index contributed by atoms with van der Waals surface area (Å²) in [6.45, 7) is 0.831. The van der Waals surface area contributed by atoms with Crippen molar-refractivity contribution in [3.8, 4) is 11.3 Å². The number of anilines is 1. The van der Waals surface area contributed by atoms with Crippen LogP contribution in [0.1, 0.15) is 11.4 Å². The van der Waals surface area contributed by atoms with E-state index in [0.717, 1.165) is 23.5 Å². The minimum Gasteiger partial charge on any atom is -0.339 e. The molecule has 0 saturated heterocycles. The molecular weight excluding hydrogens is 497 g/mol. The van der Waals surface area contributed by atoms with Gasteiger partial charge in [-0.1, -0.05) is 11.3 Å². The topological polar surface area (TPSA) is 94.2 Å². The lowest BCUT2D eigenvalue weighted by molar-refractivity contribution is -0.383.